The maximum Gasteiger partial charge on any atom is 0.330 e. The van der Waals surface area contributed by atoms with Crippen molar-refractivity contribution in [2.24, 2.45) is 10.9 Å². The number of benzene rings is 1. The number of amides is 2. The first-order valence-electron chi connectivity index (χ1n) is 3.47. The van der Waals surface area contributed by atoms with E-state index in [1.54, 1.807) is 12.1 Å². The van der Waals surface area contributed by atoms with Gasteiger partial charge in [0.15, 0.2) is 0 Å². The van der Waals surface area contributed by atoms with Gasteiger partial charge in [-0.3, -0.25) is 10.9 Å². The molecule has 0 saturated heterocycles. The molecule has 2 amide bonds. The summed E-state index contributed by atoms with van der Waals surface area (Å²) in [6, 6.07) is 5.52. The van der Waals surface area contributed by atoms with Crippen molar-refractivity contribution >= 4 is 17.4 Å². The van der Waals surface area contributed by atoms with Crippen molar-refractivity contribution in [3.05, 3.63) is 29.2 Å². The minimum atomic E-state index is -0.683. The molecule has 0 saturated carbocycles. The number of rotatable bonds is 3. The van der Waals surface area contributed by atoms with Crippen LogP contribution in [0.5, 0.6) is 0 Å². The maximum absolute atomic E-state index is 10.3. The molecule has 0 radical (unpaired) electrons. The molecule has 6 nitrogen and oxygen atoms in total. The molecular formula is C7H8N4O2. The van der Waals surface area contributed by atoms with Gasteiger partial charge in [-0.2, -0.15) is 0 Å². The topological polar surface area (TPSA) is 96.6 Å². The van der Waals surface area contributed by atoms with Gasteiger partial charge in [0.2, 0.25) is 0 Å². The quantitative estimate of drug-likeness (QED) is 0.479. The molecular weight excluding hydrogens is 172 g/mol. The Morgan fingerprint density at radius 3 is 2.38 bits per heavy atom. The molecule has 0 aliphatic heterocycles. The van der Waals surface area contributed by atoms with Crippen molar-refractivity contribution in [2.45, 2.75) is 0 Å². The molecule has 0 bridgehead atoms. The molecule has 0 aliphatic carbocycles. The summed E-state index contributed by atoms with van der Waals surface area (Å²) in [5.41, 5.74) is 10.5. The lowest BCUT2D eigenvalue weighted by atomic mass is 10.3. The second-order valence-electron chi connectivity index (χ2n) is 2.25. The van der Waals surface area contributed by atoms with Gasteiger partial charge in [-0.05, 0) is 29.4 Å². The zero-order valence-electron chi connectivity index (χ0n) is 6.65. The fourth-order valence-electron chi connectivity index (χ4n) is 0.739. The molecule has 68 valence electrons. The first-order chi connectivity index (χ1) is 6.22. The highest BCUT2D eigenvalue weighted by atomic mass is 16.3. The summed E-state index contributed by atoms with van der Waals surface area (Å²) >= 11 is 0. The predicted octanol–water partition coefficient (Wildman–Crippen LogP) is 1.08. The fourth-order valence-corrected chi connectivity index (χ4v) is 0.739. The van der Waals surface area contributed by atoms with Crippen LogP contribution in [0.4, 0.5) is 16.2 Å². The lowest BCUT2D eigenvalue weighted by Gasteiger charge is -2.04. The molecule has 0 aliphatic rings. The second kappa shape index (κ2) is 4.05. The lowest BCUT2D eigenvalue weighted by Crippen LogP contribution is -2.34. The van der Waals surface area contributed by atoms with Gasteiger partial charge in [-0.1, -0.05) is 0 Å². The number of anilines is 1. The van der Waals surface area contributed by atoms with Crippen LogP contribution < -0.4 is 16.6 Å². The number of urea groups is 1. The Morgan fingerprint density at radius 2 is 1.92 bits per heavy atom. The SMILES string of the molecule is NC(=O)NNc1ccc(N=O)cc1. The Bertz CT molecular complexity index is 309. The standard InChI is InChI=1S/C7H8N4O2/c8-7(12)10-9-5-1-3-6(11-13)4-2-5/h1-4,9H,(H3,8,10,12). The summed E-state index contributed by atoms with van der Waals surface area (Å²) in [5.74, 6) is 0. The number of nitrogens with two attached hydrogens (primary N) is 1. The van der Waals surface area contributed by atoms with Crippen LogP contribution >= 0.6 is 0 Å². The van der Waals surface area contributed by atoms with Gasteiger partial charge in [-0.15, -0.1) is 4.91 Å². The molecule has 1 aromatic rings. The molecule has 13 heavy (non-hydrogen) atoms. The number of carbonyl (C=O) groups excluding carboxylic acids is 1. The van der Waals surface area contributed by atoms with E-state index in [-0.39, 0.29) is 0 Å². The molecule has 0 spiro atoms. The van der Waals surface area contributed by atoms with Crippen LogP contribution in [0, 0.1) is 4.91 Å². The smallest absolute Gasteiger partial charge is 0.330 e. The number of hydrogen-bond acceptors (Lipinski definition) is 4. The fraction of sp³-hybridized carbons (Fsp3) is 0. The van der Waals surface area contributed by atoms with Gasteiger partial charge in [0.05, 0.1) is 5.69 Å². The zero-order chi connectivity index (χ0) is 9.68. The highest BCUT2D eigenvalue weighted by Gasteiger charge is 1.93. The van der Waals surface area contributed by atoms with Crippen molar-refractivity contribution in [3.63, 3.8) is 0 Å². The summed E-state index contributed by atoms with van der Waals surface area (Å²) in [5, 5.41) is 2.72. The van der Waals surface area contributed by atoms with E-state index in [0.717, 1.165) is 0 Å². The molecule has 0 atom stereocenters. The number of nitrogens with one attached hydrogen (secondary N) is 2. The molecule has 0 unspecified atom stereocenters. The number of primary amides is 1. The Balaban J connectivity index is 2.59. The second-order valence-corrected chi connectivity index (χ2v) is 2.25. The normalized spacial score (nSPS) is 8.92. The maximum atomic E-state index is 10.3. The van der Waals surface area contributed by atoms with Crippen LogP contribution in [-0.4, -0.2) is 6.03 Å². The van der Waals surface area contributed by atoms with E-state index in [0.29, 0.717) is 11.4 Å². The average Bonchev–Trinajstić information content (AvgIpc) is 2.15. The summed E-state index contributed by atoms with van der Waals surface area (Å²) in [7, 11) is 0. The van der Waals surface area contributed by atoms with E-state index < -0.39 is 6.03 Å². The number of nitrogens with zero attached hydrogens (tertiary/aromatic N) is 1. The molecule has 4 N–H and O–H groups in total. The van der Waals surface area contributed by atoms with Crippen LogP contribution in [0.1, 0.15) is 0 Å². The monoisotopic (exact) mass is 180 g/mol. The highest BCUT2D eigenvalue weighted by Crippen LogP contribution is 2.14. The lowest BCUT2D eigenvalue weighted by molar-refractivity contribution is 0.250. The Morgan fingerprint density at radius 1 is 1.31 bits per heavy atom. The minimum Gasteiger partial charge on any atom is -0.350 e. The van der Waals surface area contributed by atoms with E-state index in [2.05, 4.69) is 16.0 Å². The van der Waals surface area contributed by atoms with Crippen LogP contribution in [0.2, 0.25) is 0 Å². The van der Waals surface area contributed by atoms with Crippen LogP contribution in [0.15, 0.2) is 29.4 Å². The molecule has 0 heterocycles. The Kier molecular flexibility index (Phi) is 2.80. The van der Waals surface area contributed by atoms with Gasteiger partial charge in [0.25, 0.3) is 0 Å². The molecule has 1 rings (SSSR count). The van der Waals surface area contributed by atoms with Crippen molar-refractivity contribution in [1.29, 1.82) is 0 Å². The molecule has 0 fully saturated rings. The van der Waals surface area contributed by atoms with Gasteiger partial charge < -0.3 is 5.73 Å². The van der Waals surface area contributed by atoms with Crippen molar-refractivity contribution in [1.82, 2.24) is 5.43 Å². The highest BCUT2D eigenvalue weighted by molar-refractivity contribution is 5.73. The van der Waals surface area contributed by atoms with Crippen LogP contribution in [0.3, 0.4) is 0 Å². The minimum absolute atomic E-state index is 0.324. The predicted molar refractivity (Wildman–Crippen MR) is 48.2 cm³/mol. The largest absolute Gasteiger partial charge is 0.350 e. The van der Waals surface area contributed by atoms with Gasteiger partial charge >= 0.3 is 6.03 Å². The van der Waals surface area contributed by atoms with E-state index in [1.807, 2.05) is 0 Å². The van der Waals surface area contributed by atoms with E-state index in [1.165, 1.54) is 12.1 Å². The van der Waals surface area contributed by atoms with E-state index >= 15 is 0 Å². The Hall–Kier alpha value is -2.11. The number of hydrogen-bond donors (Lipinski definition) is 3. The van der Waals surface area contributed by atoms with Gasteiger partial charge in [-0.25, -0.2) is 4.79 Å². The third-order valence-electron chi connectivity index (χ3n) is 1.30. The summed E-state index contributed by atoms with van der Waals surface area (Å²) in [4.78, 5) is 20.3. The Labute approximate surface area is 74.1 Å². The molecule has 0 aromatic heterocycles. The summed E-state index contributed by atoms with van der Waals surface area (Å²) in [6.07, 6.45) is 0. The third-order valence-corrected chi connectivity index (χ3v) is 1.30. The van der Waals surface area contributed by atoms with Crippen molar-refractivity contribution < 1.29 is 4.79 Å². The number of hydrazine groups is 1. The van der Waals surface area contributed by atoms with Crippen molar-refractivity contribution in [2.75, 3.05) is 5.43 Å². The number of nitroso groups, excluding NO2 is 1. The van der Waals surface area contributed by atoms with E-state index in [4.69, 9.17) is 5.73 Å². The zero-order valence-corrected chi connectivity index (χ0v) is 6.65. The number of carbonyl (C=O) groups is 1. The van der Waals surface area contributed by atoms with Gasteiger partial charge in [0.1, 0.15) is 5.69 Å². The van der Waals surface area contributed by atoms with Gasteiger partial charge in [0, 0.05) is 0 Å². The average molecular weight is 180 g/mol. The summed E-state index contributed by atoms with van der Waals surface area (Å²) in [6.45, 7) is 0. The first kappa shape index (κ1) is 8.98. The molecule has 6 heteroatoms. The first-order valence-corrected chi connectivity index (χ1v) is 3.47. The van der Waals surface area contributed by atoms with E-state index in [9.17, 15) is 9.70 Å². The van der Waals surface area contributed by atoms with Crippen LogP contribution in [-0.2, 0) is 0 Å². The van der Waals surface area contributed by atoms with Crippen LogP contribution in [0.25, 0.3) is 0 Å². The van der Waals surface area contributed by atoms with Crippen molar-refractivity contribution in [3.8, 4) is 0 Å². The third kappa shape index (κ3) is 2.78. The molecule has 1 aromatic carbocycles. The summed E-state index contributed by atoms with van der Waals surface area (Å²) < 4.78 is 0.